The minimum absolute atomic E-state index is 0.170. The van der Waals surface area contributed by atoms with E-state index in [0.717, 1.165) is 74.0 Å². The Labute approximate surface area is 375 Å². The molecule has 0 unspecified atom stereocenters. The SMILES string of the molecule is CC(C)OC(=O)N=NC(=O)OC(C)C.CCCCCCN1C(=O)c2ccc3c4c(sc(c24)C1=O)C(=O)N(CCCCCC)C3=O.O=C1CC(=O)c2sc3c4c(ccc1c24)C(=O)NC3=O. The molecular formula is C45H47N5O12S2. The number of hydrogen-bond acceptors (Lipinski definition) is 14. The molecule has 19 heteroatoms. The number of unbranched alkanes of at least 4 members (excludes halogenated alkanes) is 6. The topological polar surface area (TPSA) is 232 Å². The molecule has 1 aliphatic carbocycles. The molecule has 4 aliphatic rings. The fraction of sp³-hybridized carbons (Fsp3) is 0.422. The summed E-state index contributed by atoms with van der Waals surface area (Å²) >= 11 is 2.19. The first-order valence-corrected chi connectivity index (χ1v) is 22.8. The van der Waals surface area contributed by atoms with Crippen molar-refractivity contribution in [1.29, 1.82) is 0 Å². The van der Waals surface area contributed by atoms with Crippen molar-refractivity contribution in [2.75, 3.05) is 13.1 Å². The minimum Gasteiger partial charge on any atom is -0.444 e. The summed E-state index contributed by atoms with van der Waals surface area (Å²) < 4.78 is 9.20. The Bertz CT molecular complexity index is 2500. The molecule has 0 bridgehead atoms. The summed E-state index contributed by atoms with van der Waals surface area (Å²) in [6, 6.07) is 6.39. The number of azo groups is 1. The maximum absolute atomic E-state index is 13.2. The average molecular weight is 914 g/mol. The van der Waals surface area contributed by atoms with Gasteiger partial charge in [-0.1, -0.05) is 62.6 Å². The van der Waals surface area contributed by atoms with Crippen molar-refractivity contribution in [2.24, 2.45) is 10.2 Å². The third-order valence-corrected chi connectivity index (χ3v) is 12.9. The van der Waals surface area contributed by atoms with Crippen LogP contribution in [0.4, 0.5) is 9.59 Å². The zero-order chi connectivity index (χ0) is 46.6. The van der Waals surface area contributed by atoms with Crippen molar-refractivity contribution in [3.63, 3.8) is 0 Å². The molecule has 0 spiro atoms. The number of imide groups is 3. The van der Waals surface area contributed by atoms with E-state index in [1.807, 2.05) is 0 Å². The quantitative estimate of drug-likeness (QED) is 0.0606. The van der Waals surface area contributed by atoms with Gasteiger partial charge < -0.3 is 9.47 Å². The van der Waals surface area contributed by atoms with Crippen molar-refractivity contribution in [3.8, 4) is 0 Å². The summed E-state index contributed by atoms with van der Waals surface area (Å²) in [7, 11) is 0. The number of amides is 8. The summed E-state index contributed by atoms with van der Waals surface area (Å²) in [5.74, 6) is -2.87. The van der Waals surface area contributed by atoms with E-state index in [9.17, 15) is 47.9 Å². The Kier molecular flexibility index (Phi) is 14.7. The fourth-order valence-corrected chi connectivity index (χ4v) is 9.98. The van der Waals surface area contributed by atoms with E-state index in [1.165, 1.54) is 15.9 Å². The van der Waals surface area contributed by atoms with E-state index in [0.29, 0.717) is 76.4 Å². The van der Waals surface area contributed by atoms with Crippen LogP contribution < -0.4 is 5.32 Å². The molecule has 3 aliphatic heterocycles. The second kappa shape index (κ2) is 20.0. The van der Waals surface area contributed by atoms with Gasteiger partial charge in [0.25, 0.3) is 35.4 Å². The number of carbonyl (C=O) groups is 10. The Hall–Kier alpha value is -6.34. The first-order chi connectivity index (χ1) is 30.5. The molecule has 1 N–H and O–H groups in total. The summed E-state index contributed by atoms with van der Waals surface area (Å²) in [5.41, 5.74) is 1.61. The number of hydrogen-bond donors (Lipinski definition) is 1. The Morgan fingerprint density at radius 1 is 0.547 bits per heavy atom. The number of ketones is 2. The van der Waals surface area contributed by atoms with Crippen molar-refractivity contribution >= 4 is 103 Å². The Morgan fingerprint density at radius 2 is 0.969 bits per heavy atom. The third kappa shape index (κ3) is 9.45. The molecule has 0 atom stereocenters. The number of benzene rings is 2. The van der Waals surface area contributed by atoms with Gasteiger partial charge >= 0.3 is 12.2 Å². The van der Waals surface area contributed by atoms with Gasteiger partial charge in [-0.25, -0.2) is 9.59 Å². The van der Waals surface area contributed by atoms with Crippen LogP contribution in [0.25, 0.3) is 21.5 Å². The molecule has 8 amide bonds. The highest BCUT2D eigenvalue weighted by Crippen LogP contribution is 2.44. The predicted molar refractivity (Wildman–Crippen MR) is 236 cm³/mol. The number of carbonyl (C=O) groups excluding carboxylic acids is 10. The van der Waals surface area contributed by atoms with Crippen molar-refractivity contribution in [3.05, 3.63) is 66.0 Å². The second-order valence-electron chi connectivity index (χ2n) is 15.9. The van der Waals surface area contributed by atoms with Gasteiger partial charge in [-0.05, 0) is 64.8 Å². The molecule has 0 saturated heterocycles. The van der Waals surface area contributed by atoms with Gasteiger partial charge in [0.1, 0.15) is 14.6 Å². The summed E-state index contributed by atoms with van der Waals surface area (Å²) in [6.45, 7) is 11.6. The second-order valence-corrected chi connectivity index (χ2v) is 17.9. The van der Waals surface area contributed by atoms with Crippen LogP contribution in [0.3, 0.4) is 0 Å². The zero-order valence-electron chi connectivity index (χ0n) is 36.2. The largest absolute Gasteiger partial charge is 0.452 e. The molecule has 64 heavy (non-hydrogen) atoms. The van der Waals surface area contributed by atoms with Crippen molar-refractivity contribution in [1.82, 2.24) is 15.1 Å². The maximum Gasteiger partial charge on any atom is 0.452 e. The highest BCUT2D eigenvalue weighted by molar-refractivity contribution is 7.18. The van der Waals surface area contributed by atoms with Crippen LogP contribution in [0, 0.1) is 0 Å². The first kappa shape index (κ1) is 47.1. The lowest BCUT2D eigenvalue weighted by Gasteiger charge is -2.27. The summed E-state index contributed by atoms with van der Waals surface area (Å²) in [5, 5.41) is 10.2. The van der Waals surface area contributed by atoms with Crippen LogP contribution in [-0.2, 0) is 9.47 Å². The molecule has 2 aromatic heterocycles. The molecule has 4 aromatic rings. The Morgan fingerprint density at radius 3 is 1.44 bits per heavy atom. The lowest BCUT2D eigenvalue weighted by atomic mass is 9.89. The maximum atomic E-state index is 13.2. The predicted octanol–water partition coefficient (Wildman–Crippen LogP) is 9.34. The molecule has 0 radical (unpaired) electrons. The van der Waals surface area contributed by atoms with Crippen LogP contribution in [0.1, 0.15) is 179 Å². The van der Waals surface area contributed by atoms with Crippen LogP contribution >= 0.6 is 22.7 Å². The van der Waals surface area contributed by atoms with Crippen LogP contribution in [-0.4, -0.2) is 94.3 Å². The van der Waals surface area contributed by atoms with Crippen molar-refractivity contribution < 1.29 is 57.4 Å². The average Bonchev–Trinajstić information content (AvgIpc) is 3.85. The number of ether oxygens (including phenoxy) is 2. The molecule has 0 saturated carbocycles. The molecule has 5 heterocycles. The molecule has 2 aromatic carbocycles. The standard InChI is InChI=1S/C24H28N2O4S.C13H5NO4S.C8H14N2O4/c1-3-5-7-9-13-25-21(27)15-11-12-16-18-17(15)19(23(25)29)31-20(18)24(30)26(22(16)28)14-10-8-6-4-2;15-6-3-7(16)10-8-4(6)1-2-5-9(8)11(19-10)13(18)14-12(5)17;1-5(2)13-7(11)9-10-8(12)14-6(3)4/h11-12H,3-10,13-14H2,1-2H3;1-2H,3H2,(H,14,17,18);5-6H,1-4H3. The molecule has 17 nitrogen and oxygen atoms in total. The minimum atomic E-state index is -0.902. The number of rotatable bonds is 12. The third-order valence-electron chi connectivity index (χ3n) is 10.5. The molecule has 0 fully saturated rings. The van der Waals surface area contributed by atoms with Crippen LogP contribution in [0.2, 0.25) is 0 Å². The smallest absolute Gasteiger partial charge is 0.444 e. The van der Waals surface area contributed by atoms with Crippen LogP contribution in [0.15, 0.2) is 34.5 Å². The van der Waals surface area contributed by atoms with Gasteiger partial charge in [-0.3, -0.25) is 53.5 Å². The number of thiophene rings is 2. The van der Waals surface area contributed by atoms with Gasteiger partial charge in [-0.2, -0.15) is 0 Å². The lowest BCUT2D eigenvalue weighted by molar-refractivity contribution is 0.0593. The van der Waals surface area contributed by atoms with E-state index < -0.39 is 24.0 Å². The van der Waals surface area contributed by atoms with Gasteiger partial charge in [0.2, 0.25) is 0 Å². The summed E-state index contributed by atoms with van der Waals surface area (Å²) in [4.78, 5) is 125. The summed E-state index contributed by atoms with van der Waals surface area (Å²) in [6.07, 6.45) is 5.19. The molecule has 8 rings (SSSR count). The van der Waals surface area contributed by atoms with E-state index in [4.69, 9.17) is 0 Å². The van der Waals surface area contributed by atoms with E-state index in [1.54, 1.807) is 45.9 Å². The van der Waals surface area contributed by atoms with Crippen LogP contribution in [0.5, 0.6) is 0 Å². The normalized spacial score (nSPS) is 15.0. The van der Waals surface area contributed by atoms with Gasteiger partial charge in [-0.15, -0.1) is 22.7 Å². The Balaban J connectivity index is 0.000000175. The number of nitrogens with one attached hydrogen (secondary N) is 1. The van der Waals surface area contributed by atoms with E-state index >= 15 is 0 Å². The first-order valence-electron chi connectivity index (χ1n) is 21.2. The monoisotopic (exact) mass is 913 g/mol. The number of nitrogens with zero attached hydrogens (tertiary/aromatic N) is 4. The van der Waals surface area contributed by atoms with E-state index in [-0.39, 0.29) is 53.8 Å². The fourth-order valence-electron chi connectivity index (χ4n) is 7.59. The molecule has 336 valence electrons. The highest BCUT2D eigenvalue weighted by atomic mass is 32.1. The van der Waals surface area contributed by atoms with E-state index in [2.05, 4.69) is 38.9 Å². The highest BCUT2D eigenvalue weighted by Gasteiger charge is 2.42. The lowest BCUT2D eigenvalue weighted by Crippen LogP contribution is -2.41. The zero-order valence-corrected chi connectivity index (χ0v) is 37.9. The van der Waals surface area contributed by atoms with Gasteiger partial charge in [0, 0.05) is 56.9 Å². The van der Waals surface area contributed by atoms with Crippen molar-refractivity contribution in [2.45, 2.75) is 112 Å². The number of Topliss-reactive ketones (excluding diaryl/α,β-unsaturated/α-hetero) is 2. The van der Waals surface area contributed by atoms with Gasteiger partial charge in [0.15, 0.2) is 11.6 Å². The van der Waals surface area contributed by atoms with Gasteiger partial charge in [0.05, 0.1) is 23.5 Å². The molecular weight excluding hydrogens is 867 g/mol.